The van der Waals surface area contributed by atoms with Crippen LogP contribution in [0.5, 0.6) is 0 Å². The number of carbonyl (C=O) groups excluding carboxylic acids is 1. The van der Waals surface area contributed by atoms with E-state index in [1.165, 1.54) is 0 Å². The van der Waals surface area contributed by atoms with Gasteiger partial charge in [0.2, 0.25) is 5.91 Å². The summed E-state index contributed by atoms with van der Waals surface area (Å²) < 4.78 is 2.03. The van der Waals surface area contributed by atoms with E-state index in [1.54, 1.807) is 12.4 Å². The van der Waals surface area contributed by atoms with E-state index in [0.29, 0.717) is 18.7 Å². The molecule has 0 atom stereocenters. The maximum Gasteiger partial charge on any atom is 0.225 e. The summed E-state index contributed by atoms with van der Waals surface area (Å²) in [7, 11) is 0. The van der Waals surface area contributed by atoms with Crippen molar-refractivity contribution in [2.24, 2.45) is 0 Å². The Labute approximate surface area is 170 Å². The number of nitrogens with one attached hydrogen (secondary N) is 1. The second-order valence-corrected chi connectivity index (χ2v) is 6.86. The number of rotatable bonds is 6. The molecule has 1 amide bonds. The van der Waals surface area contributed by atoms with Crippen molar-refractivity contribution < 1.29 is 4.79 Å². The molecule has 144 valence electrons. The van der Waals surface area contributed by atoms with Gasteiger partial charge in [0.1, 0.15) is 11.6 Å². The molecule has 0 aliphatic heterocycles. The monoisotopic (exact) mass is 382 g/mol. The molecule has 2 aromatic heterocycles. The van der Waals surface area contributed by atoms with Crippen molar-refractivity contribution in [3.63, 3.8) is 0 Å². The van der Waals surface area contributed by atoms with Gasteiger partial charge in [-0.15, -0.1) is 0 Å². The number of carbonyl (C=O) groups is 1. The highest BCUT2D eigenvalue weighted by molar-refractivity contribution is 5.90. The van der Waals surface area contributed by atoms with Gasteiger partial charge in [0, 0.05) is 36.3 Å². The maximum absolute atomic E-state index is 12.3. The molecule has 4 aromatic rings. The van der Waals surface area contributed by atoms with Gasteiger partial charge in [0.15, 0.2) is 0 Å². The molecule has 5 nitrogen and oxygen atoms in total. The summed E-state index contributed by atoms with van der Waals surface area (Å²) in [4.78, 5) is 20.9. The molecule has 0 spiro atoms. The number of pyridine rings is 1. The van der Waals surface area contributed by atoms with E-state index in [2.05, 4.69) is 27.4 Å². The Hall–Kier alpha value is -3.73. The number of benzene rings is 2. The molecule has 0 fully saturated rings. The lowest BCUT2D eigenvalue weighted by atomic mass is 10.1. The second kappa shape index (κ2) is 8.52. The van der Waals surface area contributed by atoms with Crippen LogP contribution in [0.4, 0.5) is 5.82 Å². The van der Waals surface area contributed by atoms with E-state index in [-0.39, 0.29) is 5.91 Å². The molecule has 2 heterocycles. The fourth-order valence-electron chi connectivity index (χ4n) is 3.21. The summed E-state index contributed by atoms with van der Waals surface area (Å²) >= 11 is 0. The summed E-state index contributed by atoms with van der Waals surface area (Å²) in [5.41, 5.74) is 4.31. The van der Waals surface area contributed by atoms with Crippen molar-refractivity contribution in [2.75, 3.05) is 5.32 Å². The summed E-state index contributed by atoms with van der Waals surface area (Å²) in [5, 5.41) is 2.87. The van der Waals surface area contributed by atoms with Crippen LogP contribution in [0.3, 0.4) is 0 Å². The van der Waals surface area contributed by atoms with Crippen LogP contribution >= 0.6 is 0 Å². The van der Waals surface area contributed by atoms with E-state index in [1.807, 2.05) is 72.3 Å². The quantitative estimate of drug-likeness (QED) is 0.520. The van der Waals surface area contributed by atoms with Crippen molar-refractivity contribution in [1.82, 2.24) is 14.5 Å². The molecule has 2 aromatic carbocycles. The first-order valence-corrected chi connectivity index (χ1v) is 9.59. The Kier molecular flexibility index (Phi) is 5.47. The Bertz CT molecular complexity index is 1080. The Morgan fingerprint density at radius 3 is 2.38 bits per heavy atom. The summed E-state index contributed by atoms with van der Waals surface area (Å²) in [5.74, 6) is 1.48. The zero-order chi connectivity index (χ0) is 20.1. The number of nitrogens with zero attached hydrogens (tertiary/aromatic N) is 3. The highest BCUT2D eigenvalue weighted by atomic mass is 16.1. The first-order valence-electron chi connectivity index (χ1n) is 9.59. The number of amides is 1. The lowest BCUT2D eigenvalue weighted by molar-refractivity contribution is -0.116. The van der Waals surface area contributed by atoms with Gasteiger partial charge >= 0.3 is 0 Å². The number of aromatic nitrogens is 3. The van der Waals surface area contributed by atoms with Crippen LogP contribution in [0.1, 0.15) is 17.8 Å². The summed E-state index contributed by atoms with van der Waals surface area (Å²) in [6, 6.07) is 22.0. The lowest BCUT2D eigenvalue weighted by Crippen LogP contribution is -2.13. The molecule has 5 heteroatoms. The largest absolute Gasteiger partial charge is 0.311 e. The SMILES string of the molecule is Cc1nccn1-c1ccc(CCC(=O)Nc2ccc(-c3ccccc3)cn2)cc1. The Morgan fingerprint density at radius 2 is 1.72 bits per heavy atom. The van der Waals surface area contributed by atoms with E-state index in [4.69, 9.17) is 0 Å². The molecule has 4 rings (SSSR count). The molecular weight excluding hydrogens is 360 g/mol. The highest BCUT2D eigenvalue weighted by Gasteiger charge is 2.06. The number of imidazole rings is 1. The zero-order valence-corrected chi connectivity index (χ0v) is 16.2. The van der Waals surface area contributed by atoms with Crippen LogP contribution in [-0.4, -0.2) is 20.4 Å². The predicted octanol–water partition coefficient (Wildman–Crippen LogP) is 4.81. The number of anilines is 1. The molecule has 29 heavy (non-hydrogen) atoms. The minimum Gasteiger partial charge on any atom is -0.311 e. The first kappa shape index (κ1) is 18.6. The van der Waals surface area contributed by atoms with Gasteiger partial charge in [-0.3, -0.25) is 4.79 Å². The van der Waals surface area contributed by atoms with Crippen molar-refractivity contribution in [3.05, 3.63) is 96.7 Å². The van der Waals surface area contributed by atoms with Crippen molar-refractivity contribution in [2.45, 2.75) is 19.8 Å². The molecule has 0 saturated carbocycles. The average Bonchev–Trinajstić information content (AvgIpc) is 3.20. The van der Waals surface area contributed by atoms with Gasteiger partial charge in [-0.1, -0.05) is 42.5 Å². The Balaban J connectivity index is 1.31. The van der Waals surface area contributed by atoms with Crippen LogP contribution < -0.4 is 5.32 Å². The summed E-state index contributed by atoms with van der Waals surface area (Å²) in [6.45, 7) is 1.97. The minimum atomic E-state index is -0.0421. The number of hydrogen-bond donors (Lipinski definition) is 1. The van der Waals surface area contributed by atoms with Gasteiger partial charge in [-0.25, -0.2) is 9.97 Å². The molecule has 1 N–H and O–H groups in total. The minimum absolute atomic E-state index is 0.0421. The topological polar surface area (TPSA) is 59.8 Å². The van der Waals surface area contributed by atoms with Crippen LogP contribution in [0, 0.1) is 6.92 Å². The fraction of sp³-hybridized carbons (Fsp3) is 0.125. The molecule has 0 radical (unpaired) electrons. The van der Waals surface area contributed by atoms with Crippen molar-refractivity contribution >= 4 is 11.7 Å². The number of hydrogen-bond acceptors (Lipinski definition) is 3. The van der Waals surface area contributed by atoms with Crippen LogP contribution in [0.15, 0.2) is 85.3 Å². The predicted molar refractivity (Wildman–Crippen MR) is 115 cm³/mol. The third-order valence-corrected chi connectivity index (χ3v) is 4.82. The standard InChI is InChI=1S/C24H22N4O/c1-18-25-15-16-28(18)22-11-7-19(8-12-22)9-14-24(29)27-23-13-10-21(17-26-23)20-5-3-2-4-6-20/h2-8,10-13,15-17H,9,14H2,1H3,(H,26,27,29). The number of aryl methyl sites for hydroxylation is 2. The van der Waals surface area contributed by atoms with Gasteiger partial charge < -0.3 is 9.88 Å². The molecule has 0 unspecified atom stereocenters. The maximum atomic E-state index is 12.3. The van der Waals surface area contributed by atoms with Crippen LogP contribution in [0.25, 0.3) is 16.8 Å². The third kappa shape index (κ3) is 4.58. The normalized spacial score (nSPS) is 10.7. The highest BCUT2D eigenvalue weighted by Crippen LogP contribution is 2.19. The average molecular weight is 382 g/mol. The third-order valence-electron chi connectivity index (χ3n) is 4.82. The van der Waals surface area contributed by atoms with Gasteiger partial charge in [0.25, 0.3) is 0 Å². The van der Waals surface area contributed by atoms with Crippen LogP contribution in [0.2, 0.25) is 0 Å². The van der Waals surface area contributed by atoms with E-state index in [0.717, 1.165) is 28.2 Å². The molecule has 0 aliphatic rings. The zero-order valence-electron chi connectivity index (χ0n) is 16.2. The van der Waals surface area contributed by atoms with Gasteiger partial charge in [-0.05, 0) is 48.7 Å². The second-order valence-electron chi connectivity index (χ2n) is 6.86. The van der Waals surface area contributed by atoms with Gasteiger partial charge in [-0.2, -0.15) is 0 Å². The van der Waals surface area contributed by atoms with Crippen LogP contribution in [-0.2, 0) is 11.2 Å². The van der Waals surface area contributed by atoms with E-state index in [9.17, 15) is 4.79 Å². The molecular formula is C24H22N4O. The van der Waals surface area contributed by atoms with Crippen molar-refractivity contribution in [1.29, 1.82) is 0 Å². The fourth-order valence-corrected chi connectivity index (χ4v) is 3.21. The smallest absolute Gasteiger partial charge is 0.225 e. The van der Waals surface area contributed by atoms with Crippen molar-refractivity contribution in [3.8, 4) is 16.8 Å². The lowest BCUT2D eigenvalue weighted by Gasteiger charge is -2.08. The first-order chi connectivity index (χ1) is 14.2. The molecule has 0 saturated heterocycles. The molecule has 0 bridgehead atoms. The molecule has 0 aliphatic carbocycles. The Morgan fingerprint density at radius 1 is 0.931 bits per heavy atom. The van der Waals surface area contributed by atoms with E-state index < -0.39 is 0 Å². The summed E-state index contributed by atoms with van der Waals surface area (Å²) in [6.07, 6.45) is 6.59. The van der Waals surface area contributed by atoms with Gasteiger partial charge in [0.05, 0.1) is 0 Å². The van der Waals surface area contributed by atoms with E-state index >= 15 is 0 Å².